The lowest BCUT2D eigenvalue weighted by Gasteiger charge is -2.30. The molecule has 1 aliphatic heterocycles. The third kappa shape index (κ3) is 5.60. The van der Waals surface area contributed by atoms with Gasteiger partial charge in [-0.3, -0.25) is 9.59 Å². The zero-order valence-corrected chi connectivity index (χ0v) is 16.9. The summed E-state index contributed by atoms with van der Waals surface area (Å²) in [5.74, 6) is -0.0525. The summed E-state index contributed by atoms with van der Waals surface area (Å²) in [7, 11) is 0. The number of nitrogens with one attached hydrogen (secondary N) is 1. The van der Waals surface area contributed by atoms with Crippen molar-refractivity contribution in [2.75, 3.05) is 13.1 Å². The Morgan fingerprint density at radius 3 is 2.43 bits per heavy atom. The van der Waals surface area contributed by atoms with Crippen molar-refractivity contribution in [2.45, 2.75) is 19.4 Å². The van der Waals surface area contributed by atoms with Crippen molar-refractivity contribution in [2.24, 2.45) is 5.92 Å². The Morgan fingerprint density at radius 2 is 1.75 bits per heavy atom. The lowest BCUT2D eigenvalue weighted by Crippen LogP contribution is -2.42. The van der Waals surface area contributed by atoms with Crippen molar-refractivity contribution in [3.8, 4) is 0 Å². The van der Waals surface area contributed by atoms with Crippen molar-refractivity contribution in [3.05, 3.63) is 75.8 Å². The summed E-state index contributed by atoms with van der Waals surface area (Å²) >= 11 is 11.9. The molecule has 2 aromatic rings. The largest absolute Gasteiger partial charge is 0.352 e. The van der Waals surface area contributed by atoms with Crippen LogP contribution >= 0.6 is 23.2 Å². The van der Waals surface area contributed by atoms with Crippen LogP contribution in [0.25, 0.3) is 6.08 Å². The highest BCUT2D eigenvalue weighted by Crippen LogP contribution is 2.23. The first-order chi connectivity index (χ1) is 13.5. The topological polar surface area (TPSA) is 49.4 Å². The Labute approximate surface area is 175 Å². The predicted molar refractivity (Wildman–Crippen MR) is 113 cm³/mol. The third-order valence-corrected chi connectivity index (χ3v) is 5.59. The average Bonchev–Trinajstić information content (AvgIpc) is 2.73. The van der Waals surface area contributed by atoms with Crippen LogP contribution in [0.5, 0.6) is 0 Å². The van der Waals surface area contributed by atoms with Crippen LogP contribution in [0.15, 0.2) is 54.6 Å². The van der Waals surface area contributed by atoms with Crippen LogP contribution < -0.4 is 5.32 Å². The first-order valence-corrected chi connectivity index (χ1v) is 10.0. The Bertz CT molecular complexity index is 860. The Morgan fingerprint density at radius 1 is 1.04 bits per heavy atom. The number of amides is 2. The maximum Gasteiger partial charge on any atom is 0.246 e. The van der Waals surface area contributed by atoms with Gasteiger partial charge in [-0.25, -0.2) is 0 Å². The van der Waals surface area contributed by atoms with Crippen molar-refractivity contribution in [3.63, 3.8) is 0 Å². The van der Waals surface area contributed by atoms with Crippen molar-refractivity contribution in [1.82, 2.24) is 10.2 Å². The Hall–Kier alpha value is -2.30. The smallest absolute Gasteiger partial charge is 0.246 e. The maximum atomic E-state index is 12.4. The van der Waals surface area contributed by atoms with E-state index in [1.165, 1.54) is 6.08 Å². The number of piperidine rings is 1. The number of hydrogen-bond acceptors (Lipinski definition) is 2. The number of carbonyl (C=O) groups excluding carboxylic acids is 2. The second kappa shape index (κ2) is 9.76. The molecule has 0 aromatic heterocycles. The molecule has 1 saturated heterocycles. The monoisotopic (exact) mass is 416 g/mol. The van der Waals surface area contributed by atoms with Crippen LogP contribution in [0.3, 0.4) is 0 Å². The molecular formula is C22H22Cl2N2O2. The molecule has 0 atom stereocenters. The molecule has 2 amide bonds. The normalized spacial score (nSPS) is 15.0. The number of halogens is 2. The summed E-state index contributed by atoms with van der Waals surface area (Å²) in [5, 5.41) is 3.93. The van der Waals surface area contributed by atoms with Gasteiger partial charge in [0.05, 0.1) is 10.0 Å². The number of benzene rings is 2. The highest BCUT2D eigenvalue weighted by atomic mass is 35.5. The fourth-order valence-corrected chi connectivity index (χ4v) is 3.49. The number of rotatable bonds is 5. The predicted octanol–water partition coefficient (Wildman–Crippen LogP) is 4.56. The van der Waals surface area contributed by atoms with E-state index in [9.17, 15) is 9.59 Å². The minimum Gasteiger partial charge on any atom is -0.352 e. The molecule has 0 spiro atoms. The van der Waals surface area contributed by atoms with Gasteiger partial charge >= 0.3 is 0 Å². The standard InChI is InChI=1S/C22H22Cl2N2O2/c23-19-8-6-16(14-20(19)24)7-9-21(27)26-12-10-18(11-13-26)22(28)25-15-17-4-2-1-3-5-17/h1-9,14,18H,10-13,15H2,(H,25,28). The fourth-order valence-electron chi connectivity index (χ4n) is 3.18. The molecule has 28 heavy (non-hydrogen) atoms. The molecule has 1 heterocycles. The lowest BCUT2D eigenvalue weighted by atomic mass is 9.95. The third-order valence-electron chi connectivity index (χ3n) is 4.85. The highest BCUT2D eigenvalue weighted by Gasteiger charge is 2.26. The van der Waals surface area contributed by atoms with Gasteiger partial charge < -0.3 is 10.2 Å². The molecule has 1 N–H and O–H groups in total. The molecule has 1 aliphatic rings. The SMILES string of the molecule is O=C(NCc1ccccc1)C1CCN(C(=O)C=Cc2ccc(Cl)c(Cl)c2)CC1. The van der Waals surface area contributed by atoms with Gasteiger partial charge in [0.15, 0.2) is 0 Å². The van der Waals surface area contributed by atoms with E-state index < -0.39 is 0 Å². The summed E-state index contributed by atoms with van der Waals surface area (Å²) in [6, 6.07) is 15.1. The molecule has 146 valence electrons. The van der Waals surface area contributed by atoms with Gasteiger partial charge in [-0.15, -0.1) is 0 Å². The molecule has 0 unspecified atom stereocenters. The summed E-state index contributed by atoms with van der Waals surface area (Å²) in [6.07, 6.45) is 4.61. The summed E-state index contributed by atoms with van der Waals surface area (Å²) in [5.41, 5.74) is 1.90. The van der Waals surface area contributed by atoms with Gasteiger partial charge in [0.2, 0.25) is 11.8 Å². The fraction of sp³-hybridized carbons (Fsp3) is 0.273. The van der Waals surface area contributed by atoms with E-state index in [4.69, 9.17) is 23.2 Å². The Kier molecular flexibility index (Phi) is 7.12. The van der Waals surface area contributed by atoms with Crippen LogP contribution in [0.1, 0.15) is 24.0 Å². The van der Waals surface area contributed by atoms with Gasteiger partial charge in [0.1, 0.15) is 0 Å². The van der Waals surface area contributed by atoms with Gasteiger partial charge in [-0.1, -0.05) is 59.6 Å². The molecule has 3 rings (SSSR count). The number of likely N-dealkylation sites (tertiary alicyclic amines) is 1. The van der Waals surface area contributed by atoms with E-state index in [1.807, 2.05) is 30.3 Å². The molecule has 2 aromatic carbocycles. The minimum absolute atomic E-state index is 0.0492. The van der Waals surface area contributed by atoms with Crippen LogP contribution in [-0.2, 0) is 16.1 Å². The zero-order chi connectivity index (χ0) is 19.9. The molecular weight excluding hydrogens is 395 g/mol. The number of carbonyl (C=O) groups is 2. The number of nitrogens with zero attached hydrogens (tertiary/aromatic N) is 1. The van der Waals surface area contributed by atoms with Gasteiger partial charge in [0.25, 0.3) is 0 Å². The molecule has 4 nitrogen and oxygen atoms in total. The van der Waals surface area contributed by atoms with E-state index in [0.29, 0.717) is 42.5 Å². The highest BCUT2D eigenvalue weighted by molar-refractivity contribution is 6.42. The van der Waals surface area contributed by atoms with E-state index in [0.717, 1.165) is 11.1 Å². The molecule has 0 aliphatic carbocycles. The first-order valence-electron chi connectivity index (χ1n) is 9.26. The summed E-state index contributed by atoms with van der Waals surface area (Å²) < 4.78 is 0. The molecule has 0 saturated carbocycles. The van der Waals surface area contributed by atoms with Crippen molar-refractivity contribution < 1.29 is 9.59 Å². The minimum atomic E-state index is -0.0609. The summed E-state index contributed by atoms with van der Waals surface area (Å²) in [6.45, 7) is 1.69. The first kappa shape index (κ1) is 20.4. The quantitative estimate of drug-likeness (QED) is 0.726. The summed E-state index contributed by atoms with van der Waals surface area (Å²) in [4.78, 5) is 26.5. The average molecular weight is 417 g/mol. The van der Waals surface area contributed by atoms with Crippen LogP contribution in [-0.4, -0.2) is 29.8 Å². The second-order valence-electron chi connectivity index (χ2n) is 6.81. The van der Waals surface area contributed by atoms with Gasteiger partial charge in [-0.2, -0.15) is 0 Å². The second-order valence-corrected chi connectivity index (χ2v) is 7.62. The molecule has 1 fully saturated rings. The maximum absolute atomic E-state index is 12.4. The van der Waals surface area contributed by atoms with E-state index >= 15 is 0 Å². The molecule has 6 heteroatoms. The number of hydrogen-bond donors (Lipinski definition) is 1. The molecule has 0 radical (unpaired) electrons. The van der Waals surface area contributed by atoms with Crippen LogP contribution in [0, 0.1) is 5.92 Å². The van der Waals surface area contributed by atoms with E-state index in [-0.39, 0.29) is 17.7 Å². The Balaban J connectivity index is 1.46. The van der Waals surface area contributed by atoms with Crippen molar-refractivity contribution in [1.29, 1.82) is 0 Å². The lowest BCUT2D eigenvalue weighted by molar-refractivity contribution is -0.132. The van der Waals surface area contributed by atoms with Gasteiger partial charge in [0, 0.05) is 31.6 Å². The van der Waals surface area contributed by atoms with Crippen molar-refractivity contribution >= 4 is 41.1 Å². The van der Waals surface area contributed by atoms with E-state index in [1.54, 1.807) is 29.2 Å². The van der Waals surface area contributed by atoms with E-state index in [2.05, 4.69) is 5.32 Å². The van der Waals surface area contributed by atoms with Crippen LogP contribution in [0.2, 0.25) is 10.0 Å². The van der Waals surface area contributed by atoms with Gasteiger partial charge in [-0.05, 0) is 42.2 Å². The zero-order valence-electron chi connectivity index (χ0n) is 15.4. The van der Waals surface area contributed by atoms with Crippen LogP contribution in [0.4, 0.5) is 0 Å². The molecule has 0 bridgehead atoms.